The largest absolute Gasteiger partial charge is 0.466 e. The van der Waals surface area contributed by atoms with Crippen LogP contribution >= 0.6 is 23.2 Å². The van der Waals surface area contributed by atoms with Crippen LogP contribution < -0.4 is 5.32 Å². The highest BCUT2D eigenvalue weighted by atomic mass is 35.5. The lowest BCUT2D eigenvalue weighted by Crippen LogP contribution is -2.05. The molecular weight excluding hydrogens is 285 g/mol. The van der Waals surface area contributed by atoms with E-state index in [0.717, 1.165) is 31.5 Å². The summed E-state index contributed by atoms with van der Waals surface area (Å²) in [4.78, 5) is 11.1. The molecule has 3 nitrogen and oxygen atoms in total. The fourth-order valence-electron chi connectivity index (χ4n) is 1.64. The molecule has 0 heterocycles. The molecule has 0 bridgehead atoms. The number of nitrogens with one attached hydrogen (secondary N) is 1. The Morgan fingerprint density at radius 2 is 2.00 bits per heavy atom. The number of rotatable bonds is 8. The van der Waals surface area contributed by atoms with Gasteiger partial charge < -0.3 is 10.1 Å². The second-order valence-corrected chi connectivity index (χ2v) is 4.99. The molecule has 1 N–H and O–H groups in total. The third-order valence-corrected chi connectivity index (χ3v) is 3.35. The molecule has 0 aliphatic heterocycles. The first-order valence-electron chi connectivity index (χ1n) is 6.48. The number of ether oxygens (including phenoxy) is 1. The molecule has 1 aromatic carbocycles. The minimum atomic E-state index is -0.111. The van der Waals surface area contributed by atoms with Crippen molar-refractivity contribution in [2.45, 2.75) is 32.6 Å². The summed E-state index contributed by atoms with van der Waals surface area (Å²) in [7, 11) is 0. The van der Waals surface area contributed by atoms with Gasteiger partial charge in [0.25, 0.3) is 0 Å². The van der Waals surface area contributed by atoms with Crippen molar-refractivity contribution >= 4 is 34.9 Å². The van der Waals surface area contributed by atoms with Crippen molar-refractivity contribution in [3.63, 3.8) is 0 Å². The Balaban J connectivity index is 2.10. The smallest absolute Gasteiger partial charge is 0.305 e. The normalized spacial score (nSPS) is 10.3. The molecule has 1 rings (SSSR count). The summed E-state index contributed by atoms with van der Waals surface area (Å²) < 4.78 is 4.86. The standard InChI is InChI=1S/C14H19Cl2NO2/c1-2-19-14(18)6-4-3-5-9-17-11-7-8-12(15)13(16)10-11/h7-8,10,17H,2-6,9H2,1H3. The van der Waals surface area contributed by atoms with Crippen LogP contribution in [0.25, 0.3) is 0 Å². The van der Waals surface area contributed by atoms with Gasteiger partial charge in [-0.05, 0) is 38.0 Å². The van der Waals surface area contributed by atoms with Crippen LogP contribution in [0.4, 0.5) is 5.69 Å². The van der Waals surface area contributed by atoms with E-state index in [1.54, 1.807) is 6.07 Å². The van der Waals surface area contributed by atoms with Crippen LogP contribution in [0, 0.1) is 0 Å². The molecule has 0 atom stereocenters. The van der Waals surface area contributed by atoms with Crippen molar-refractivity contribution in [2.75, 3.05) is 18.5 Å². The van der Waals surface area contributed by atoms with Crippen LogP contribution in [0.2, 0.25) is 10.0 Å². The highest BCUT2D eigenvalue weighted by Gasteiger charge is 2.01. The number of carbonyl (C=O) groups excluding carboxylic acids is 1. The number of unbranched alkanes of at least 4 members (excludes halogenated alkanes) is 2. The van der Waals surface area contributed by atoms with Gasteiger partial charge in [-0.2, -0.15) is 0 Å². The Labute approximate surface area is 124 Å². The van der Waals surface area contributed by atoms with Gasteiger partial charge in [0.05, 0.1) is 16.7 Å². The Hall–Kier alpha value is -0.930. The maximum Gasteiger partial charge on any atom is 0.305 e. The molecule has 0 fully saturated rings. The van der Waals surface area contributed by atoms with Crippen LogP contribution in [0.5, 0.6) is 0 Å². The first-order valence-corrected chi connectivity index (χ1v) is 7.23. The van der Waals surface area contributed by atoms with E-state index in [4.69, 9.17) is 27.9 Å². The molecule has 0 aromatic heterocycles. The lowest BCUT2D eigenvalue weighted by atomic mass is 10.2. The third kappa shape index (κ3) is 6.69. The molecule has 0 aliphatic carbocycles. The van der Waals surface area contributed by atoms with E-state index < -0.39 is 0 Å². The van der Waals surface area contributed by atoms with Gasteiger partial charge in [0, 0.05) is 18.7 Å². The van der Waals surface area contributed by atoms with Gasteiger partial charge >= 0.3 is 5.97 Å². The van der Waals surface area contributed by atoms with Crippen molar-refractivity contribution < 1.29 is 9.53 Å². The summed E-state index contributed by atoms with van der Waals surface area (Å²) in [6.45, 7) is 3.12. The highest BCUT2D eigenvalue weighted by molar-refractivity contribution is 6.42. The maximum atomic E-state index is 11.1. The van der Waals surface area contributed by atoms with E-state index in [1.807, 2.05) is 19.1 Å². The van der Waals surface area contributed by atoms with E-state index in [9.17, 15) is 4.79 Å². The maximum absolute atomic E-state index is 11.1. The molecule has 1 aromatic rings. The first-order chi connectivity index (χ1) is 9.13. The minimum absolute atomic E-state index is 0.111. The SMILES string of the molecule is CCOC(=O)CCCCCNc1ccc(Cl)c(Cl)c1. The second-order valence-electron chi connectivity index (χ2n) is 4.17. The third-order valence-electron chi connectivity index (χ3n) is 2.61. The lowest BCUT2D eigenvalue weighted by molar-refractivity contribution is -0.143. The summed E-state index contributed by atoms with van der Waals surface area (Å²) in [5.41, 5.74) is 0.958. The van der Waals surface area contributed by atoms with Crippen molar-refractivity contribution in [3.05, 3.63) is 28.2 Å². The lowest BCUT2D eigenvalue weighted by Gasteiger charge is -2.07. The molecule has 19 heavy (non-hydrogen) atoms. The van der Waals surface area contributed by atoms with Crippen molar-refractivity contribution in [1.29, 1.82) is 0 Å². The number of hydrogen-bond acceptors (Lipinski definition) is 3. The first kappa shape index (κ1) is 16.1. The zero-order chi connectivity index (χ0) is 14.1. The molecule has 0 radical (unpaired) electrons. The average Bonchev–Trinajstić information content (AvgIpc) is 2.38. The molecule has 5 heteroatoms. The van der Waals surface area contributed by atoms with Gasteiger partial charge in [-0.3, -0.25) is 4.79 Å². The Morgan fingerprint density at radius 1 is 1.21 bits per heavy atom. The van der Waals surface area contributed by atoms with Crippen LogP contribution in [0.1, 0.15) is 32.6 Å². The molecule has 0 spiro atoms. The number of anilines is 1. The van der Waals surface area contributed by atoms with E-state index in [0.29, 0.717) is 23.1 Å². The molecule has 106 valence electrons. The predicted molar refractivity (Wildman–Crippen MR) is 80.1 cm³/mol. The average molecular weight is 304 g/mol. The van der Waals surface area contributed by atoms with E-state index in [1.165, 1.54) is 0 Å². The number of esters is 1. The predicted octanol–water partition coefficient (Wildman–Crippen LogP) is 4.53. The number of carbonyl (C=O) groups is 1. The fourth-order valence-corrected chi connectivity index (χ4v) is 1.94. The van der Waals surface area contributed by atoms with Crippen LogP contribution in [-0.2, 0) is 9.53 Å². The van der Waals surface area contributed by atoms with Crippen molar-refractivity contribution in [3.8, 4) is 0 Å². The molecular formula is C14H19Cl2NO2. The molecule has 0 unspecified atom stereocenters. The highest BCUT2D eigenvalue weighted by Crippen LogP contribution is 2.24. The molecule has 0 aliphatic rings. The van der Waals surface area contributed by atoms with Gasteiger partial charge in [-0.25, -0.2) is 0 Å². The zero-order valence-corrected chi connectivity index (χ0v) is 12.6. The van der Waals surface area contributed by atoms with E-state index in [-0.39, 0.29) is 5.97 Å². The van der Waals surface area contributed by atoms with Crippen LogP contribution in [0.3, 0.4) is 0 Å². The van der Waals surface area contributed by atoms with Gasteiger partial charge in [-0.15, -0.1) is 0 Å². The topological polar surface area (TPSA) is 38.3 Å². The van der Waals surface area contributed by atoms with Gasteiger partial charge in [0.1, 0.15) is 0 Å². The monoisotopic (exact) mass is 303 g/mol. The summed E-state index contributed by atoms with van der Waals surface area (Å²) in [6.07, 6.45) is 3.36. The van der Waals surface area contributed by atoms with Crippen molar-refractivity contribution in [2.24, 2.45) is 0 Å². The Kier molecular flexibility index (Phi) is 7.68. The summed E-state index contributed by atoms with van der Waals surface area (Å²) in [5, 5.41) is 4.37. The Morgan fingerprint density at radius 3 is 2.68 bits per heavy atom. The second kappa shape index (κ2) is 9.05. The minimum Gasteiger partial charge on any atom is -0.466 e. The van der Waals surface area contributed by atoms with Crippen LogP contribution in [0.15, 0.2) is 18.2 Å². The number of halogens is 2. The number of hydrogen-bond donors (Lipinski definition) is 1. The van der Waals surface area contributed by atoms with E-state index in [2.05, 4.69) is 5.32 Å². The summed E-state index contributed by atoms with van der Waals surface area (Å²) in [6, 6.07) is 5.47. The van der Waals surface area contributed by atoms with Crippen molar-refractivity contribution in [1.82, 2.24) is 0 Å². The van der Waals surface area contributed by atoms with Gasteiger partial charge in [-0.1, -0.05) is 29.6 Å². The zero-order valence-electron chi connectivity index (χ0n) is 11.0. The molecule has 0 amide bonds. The fraction of sp³-hybridized carbons (Fsp3) is 0.500. The summed E-state index contributed by atoms with van der Waals surface area (Å²) >= 11 is 11.8. The quantitative estimate of drug-likeness (QED) is 0.566. The van der Waals surface area contributed by atoms with E-state index >= 15 is 0 Å². The molecule has 0 saturated carbocycles. The number of benzene rings is 1. The van der Waals surface area contributed by atoms with Crippen LogP contribution in [-0.4, -0.2) is 19.1 Å². The van der Waals surface area contributed by atoms with Gasteiger partial charge in [0.15, 0.2) is 0 Å². The summed E-state index contributed by atoms with van der Waals surface area (Å²) in [5.74, 6) is -0.111. The molecule has 0 saturated heterocycles. The van der Waals surface area contributed by atoms with Gasteiger partial charge in [0.2, 0.25) is 0 Å². The Bertz CT molecular complexity index is 410.